The predicted octanol–water partition coefficient (Wildman–Crippen LogP) is 5.58. The fraction of sp³-hybridized carbons (Fsp3) is 0.0500. The molecular weight excluding hydrogens is 381 g/mol. The molecule has 4 aromatic rings. The van der Waals surface area contributed by atoms with Gasteiger partial charge in [-0.05, 0) is 51.7 Å². The molecule has 0 N–H and O–H groups in total. The van der Waals surface area contributed by atoms with Crippen molar-refractivity contribution in [3.05, 3.63) is 87.6 Å². The van der Waals surface area contributed by atoms with Crippen LogP contribution in [0.2, 0.25) is 0 Å². The fourth-order valence-electron chi connectivity index (χ4n) is 2.90. The first-order valence-corrected chi connectivity index (χ1v) is 8.40. The van der Waals surface area contributed by atoms with E-state index in [-0.39, 0.29) is 0 Å². The standard InChI is InChI=1S/C20H14IN/c21-15-11-9-14(10-12-15)13-20-18-7-2-1-5-16(18)17-6-3-4-8-19(17)22-20/h1-12H,13H2. The van der Waals surface area contributed by atoms with Gasteiger partial charge in [-0.3, -0.25) is 4.98 Å². The Kier molecular flexibility index (Phi) is 3.54. The maximum absolute atomic E-state index is 4.92. The van der Waals surface area contributed by atoms with Gasteiger partial charge in [0.1, 0.15) is 0 Å². The van der Waals surface area contributed by atoms with Gasteiger partial charge in [0, 0.05) is 20.8 Å². The molecule has 4 rings (SSSR count). The van der Waals surface area contributed by atoms with Crippen LogP contribution in [0.5, 0.6) is 0 Å². The molecule has 0 atom stereocenters. The minimum atomic E-state index is 0.863. The molecule has 0 saturated heterocycles. The van der Waals surface area contributed by atoms with Crippen molar-refractivity contribution >= 4 is 44.3 Å². The highest BCUT2D eigenvalue weighted by Crippen LogP contribution is 2.27. The number of hydrogen-bond acceptors (Lipinski definition) is 1. The second-order valence-corrected chi connectivity index (χ2v) is 6.67. The first-order valence-electron chi connectivity index (χ1n) is 7.32. The molecule has 0 amide bonds. The van der Waals surface area contributed by atoms with E-state index in [1.165, 1.54) is 25.3 Å². The Morgan fingerprint density at radius 3 is 2.09 bits per heavy atom. The summed E-state index contributed by atoms with van der Waals surface area (Å²) in [6, 6.07) is 25.6. The van der Waals surface area contributed by atoms with Gasteiger partial charge in [-0.25, -0.2) is 0 Å². The zero-order valence-corrected chi connectivity index (χ0v) is 14.1. The van der Waals surface area contributed by atoms with Crippen LogP contribution in [0.25, 0.3) is 21.7 Å². The van der Waals surface area contributed by atoms with Gasteiger partial charge in [0.2, 0.25) is 0 Å². The molecule has 106 valence electrons. The maximum Gasteiger partial charge on any atom is 0.0711 e. The third-order valence-corrected chi connectivity index (χ3v) is 4.69. The highest BCUT2D eigenvalue weighted by molar-refractivity contribution is 14.1. The number of benzene rings is 3. The van der Waals surface area contributed by atoms with Crippen LogP contribution >= 0.6 is 22.6 Å². The molecule has 0 saturated carbocycles. The van der Waals surface area contributed by atoms with Crippen LogP contribution in [0.15, 0.2) is 72.8 Å². The summed E-state index contributed by atoms with van der Waals surface area (Å²) < 4.78 is 1.26. The number of pyridine rings is 1. The van der Waals surface area contributed by atoms with E-state index in [4.69, 9.17) is 4.98 Å². The Balaban J connectivity index is 1.93. The Labute approximate surface area is 143 Å². The summed E-state index contributed by atoms with van der Waals surface area (Å²) >= 11 is 2.34. The van der Waals surface area contributed by atoms with E-state index in [9.17, 15) is 0 Å². The van der Waals surface area contributed by atoms with Crippen molar-refractivity contribution in [1.82, 2.24) is 4.98 Å². The number of aromatic nitrogens is 1. The minimum absolute atomic E-state index is 0.863. The molecule has 0 radical (unpaired) electrons. The lowest BCUT2D eigenvalue weighted by atomic mass is 10.0. The summed E-state index contributed by atoms with van der Waals surface area (Å²) in [4.78, 5) is 4.92. The Hall–Kier alpha value is -1.94. The Morgan fingerprint density at radius 1 is 0.682 bits per heavy atom. The van der Waals surface area contributed by atoms with Crippen LogP contribution < -0.4 is 0 Å². The van der Waals surface area contributed by atoms with Gasteiger partial charge in [0.05, 0.1) is 11.2 Å². The predicted molar refractivity (Wildman–Crippen MR) is 101 cm³/mol. The highest BCUT2D eigenvalue weighted by atomic mass is 127. The van der Waals surface area contributed by atoms with Gasteiger partial charge in [-0.1, -0.05) is 54.6 Å². The SMILES string of the molecule is Ic1ccc(Cc2nc3ccccc3c3ccccc23)cc1. The molecule has 1 heterocycles. The van der Waals surface area contributed by atoms with E-state index >= 15 is 0 Å². The lowest BCUT2D eigenvalue weighted by molar-refractivity contribution is 1.12. The van der Waals surface area contributed by atoms with E-state index in [2.05, 4.69) is 95.4 Å². The summed E-state index contributed by atoms with van der Waals surface area (Å²) in [5.41, 5.74) is 3.52. The second kappa shape index (κ2) is 5.69. The first-order chi connectivity index (χ1) is 10.8. The molecule has 0 unspecified atom stereocenters. The van der Waals surface area contributed by atoms with Crippen LogP contribution in [0, 0.1) is 3.57 Å². The number of para-hydroxylation sites is 1. The minimum Gasteiger partial charge on any atom is -0.252 e. The van der Waals surface area contributed by atoms with Crippen LogP contribution in [-0.4, -0.2) is 4.98 Å². The van der Waals surface area contributed by atoms with Crippen molar-refractivity contribution in [3.8, 4) is 0 Å². The van der Waals surface area contributed by atoms with Crippen molar-refractivity contribution in [2.75, 3.05) is 0 Å². The smallest absolute Gasteiger partial charge is 0.0711 e. The summed E-state index contributed by atoms with van der Waals surface area (Å²) in [6.45, 7) is 0. The quantitative estimate of drug-likeness (QED) is 0.319. The molecule has 22 heavy (non-hydrogen) atoms. The van der Waals surface area contributed by atoms with Gasteiger partial charge in [0.25, 0.3) is 0 Å². The van der Waals surface area contributed by atoms with Crippen LogP contribution in [0.1, 0.15) is 11.3 Å². The number of nitrogens with zero attached hydrogens (tertiary/aromatic N) is 1. The third kappa shape index (κ3) is 2.48. The lowest BCUT2D eigenvalue weighted by Crippen LogP contribution is -1.95. The van der Waals surface area contributed by atoms with Gasteiger partial charge in [-0.15, -0.1) is 0 Å². The van der Waals surface area contributed by atoms with E-state index < -0.39 is 0 Å². The Bertz CT molecular complexity index is 958. The van der Waals surface area contributed by atoms with Crippen LogP contribution in [0.3, 0.4) is 0 Å². The van der Waals surface area contributed by atoms with Gasteiger partial charge in [-0.2, -0.15) is 0 Å². The number of halogens is 1. The normalized spacial score (nSPS) is 11.1. The van der Waals surface area contributed by atoms with E-state index in [0.717, 1.165) is 17.6 Å². The molecule has 0 aliphatic carbocycles. The van der Waals surface area contributed by atoms with Gasteiger partial charge < -0.3 is 0 Å². The molecule has 0 fully saturated rings. The third-order valence-electron chi connectivity index (χ3n) is 3.97. The molecule has 0 aliphatic heterocycles. The average Bonchev–Trinajstić information content (AvgIpc) is 2.57. The topological polar surface area (TPSA) is 12.9 Å². The zero-order chi connectivity index (χ0) is 14.9. The molecule has 1 aromatic heterocycles. The molecule has 0 spiro atoms. The van der Waals surface area contributed by atoms with E-state index in [1.807, 2.05) is 0 Å². The zero-order valence-electron chi connectivity index (χ0n) is 12.0. The van der Waals surface area contributed by atoms with Crippen LogP contribution in [0.4, 0.5) is 0 Å². The van der Waals surface area contributed by atoms with Gasteiger partial charge >= 0.3 is 0 Å². The molecule has 2 heteroatoms. The van der Waals surface area contributed by atoms with Crippen molar-refractivity contribution in [1.29, 1.82) is 0 Å². The van der Waals surface area contributed by atoms with Gasteiger partial charge in [0.15, 0.2) is 0 Å². The average molecular weight is 395 g/mol. The van der Waals surface area contributed by atoms with Crippen molar-refractivity contribution in [2.24, 2.45) is 0 Å². The molecule has 0 bridgehead atoms. The molecular formula is C20H14IN. The van der Waals surface area contributed by atoms with Crippen LogP contribution in [-0.2, 0) is 6.42 Å². The van der Waals surface area contributed by atoms with E-state index in [1.54, 1.807) is 0 Å². The summed E-state index contributed by atoms with van der Waals surface area (Å²) in [6.07, 6.45) is 0.863. The first kappa shape index (κ1) is 13.7. The summed E-state index contributed by atoms with van der Waals surface area (Å²) in [5.74, 6) is 0. The Morgan fingerprint density at radius 2 is 1.32 bits per heavy atom. The molecule has 1 nitrogen and oxygen atoms in total. The number of hydrogen-bond donors (Lipinski definition) is 0. The highest BCUT2D eigenvalue weighted by Gasteiger charge is 2.08. The second-order valence-electron chi connectivity index (χ2n) is 5.42. The summed E-state index contributed by atoms with van der Waals surface area (Å²) in [5, 5.41) is 3.76. The van der Waals surface area contributed by atoms with E-state index in [0.29, 0.717) is 0 Å². The van der Waals surface area contributed by atoms with Crippen molar-refractivity contribution in [3.63, 3.8) is 0 Å². The fourth-order valence-corrected chi connectivity index (χ4v) is 3.26. The van der Waals surface area contributed by atoms with Crippen molar-refractivity contribution in [2.45, 2.75) is 6.42 Å². The number of rotatable bonds is 2. The van der Waals surface area contributed by atoms with Crippen molar-refractivity contribution < 1.29 is 0 Å². The lowest BCUT2D eigenvalue weighted by Gasteiger charge is -2.10. The molecule has 3 aromatic carbocycles. The number of fused-ring (bicyclic) bond motifs is 3. The maximum atomic E-state index is 4.92. The largest absolute Gasteiger partial charge is 0.252 e. The summed E-state index contributed by atoms with van der Waals surface area (Å²) in [7, 11) is 0. The monoisotopic (exact) mass is 395 g/mol. The molecule has 0 aliphatic rings.